The van der Waals surface area contributed by atoms with E-state index in [1.54, 1.807) is 0 Å². The standard InChI is InChI=1S/C9H17BrO/c1-4-6-11-8-9(3,5-2)7-10/h5H,2,4,6-8H2,1,3H3. The van der Waals surface area contributed by atoms with Gasteiger partial charge < -0.3 is 4.74 Å². The second kappa shape index (κ2) is 5.78. The van der Waals surface area contributed by atoms with Crippen LogP contribution in [-0.2, 0) is 4.74 Å². The van der Waals surface area contributed by atoms with Gasteiger partial charge in [0, 0.05) is 17.4 Å². The van der Waals surface area contributed by atoms with Crippen molar-refractivity contribution in [3.05, 3.63) is 12.7 Å². The lowest BCUT2D eigenvalue weighted by Crippen LogP contribution is -2.22. The predicted molar refractivity (Wildman–Crippen MR) is 53.2 cm³/mol. The summed E-state index contributed by atoms with van der Waals surface area (Å²) in [5.74, 6) is 0. The van der Waals surface area contributed by atoms with Crippen molar-refractivity contribution in [1.29, 1.82) is 0 Å². The van der Waals surface area contributed by atoms with E-state index >= 15 is 0 Å². The van der Waals surface area contributed by atoms with Crippen LogP contribution in [0.1, 0.15) is 20.3 Å². The quantitative estimate of drug-likeness (QED) is 0.380. The van der Waals surface area contributed by atoms with Crippen molar-refractivity contribution in [2.75, 3.05) is 18.5 Å². The summed E-state index contributed by atoms with van der Waals surface area (Å²) in [5, 5.41) is 0.910. The molecular weight excluding hydrogens is 204 g/mol. The van der Waals surface area contributed by atoms with Crippen molar-refractivity contribution in [2.45, 2.75) is 20.3 Å². The SMILES string of the molecule is C=CC(C)(CBr)COCCC. The summed E-state index contributed by atoms with van der Waals surface area (Å²) < 4.78 is 5.43. The zero-order valence-electron chi connectivity index (χ0n) is 7.40. The fraction of sp³-hybridized carbons (Fsp3) is 0.778. The number of ether oxygens (including phenoxy) is 1. The number of halogens is 1. The fourth-order valence-electron chi connectivity index (χ4n) is 0.602. The highest BCUT2D eigenvalue weighted by Gasteiger charge is 2.18. The molecule has 0 aromatic rings. The van der Waals surface area contributed by atoms with E-state index in [1.807, 2.05) is 6.08 Å². The summed E-state index contributed by atoms with van der Waals surface area (Å²) in [6.07, 6.45) is 3.02. The Hall–Kier alpha value is 0.180. The first-order chi connectivity index (χ1) is 5.18. The lowest BCUT2D eigenvalue weighted by Gasteiger charge is -2.22. The molecule has 0 saturated heterocycles. The van der Waals surface area contributed by atoms with Gasteiger partial charge in [0.15, 0.2) is 0 Å². The average Bonchev–Trinajstić information content (AvgIpc) is 2.05. The predicted octanol–water partition coefficient (Wildman–Crippen LogP) is 3.00. The van der Waals surface area contributed by atoms with E-state index in [2.05, 4.69) is 36.4 Å². The molecule has 11 heavy (non-hydrogen) atoms. The van der Waals surface area contributed by atoms with Crippen LogP contribution in [0.5, 0.6) is 0 Å². The average molecular weight is 221 g/mol. The van der Waals surface area contributed by atoms with Crippen LogP contribution in [0.15, 0.2) is 12.7 Å². The largest absolute Gasteiger partial charge is 0.381 e. The second-order valence-corrected chi connectivity index (χ2v) is 3.61. The van der Waals surface area contributed by atoms with E-state index in [0.717, 1.165) is 25.0 Å². The maximum Gasteiger partial charge on any atom is 0.0562 e. The highest BCUT2D eigenvalue weighted by atomic mass is 79.9. The molecule has 0 saturated carbocycles. The van der Waals surface area contributed by atoms with Crippen molar-refractivity contribution in [2.24, 2.45) is 5.41 Å². The van der Waals surface area contributed by atoms with Crippen LogP contribution in [0.4, 0.5) is 0 Å². The smallest absolute Gasteiger partial charge is 0.0562 e. The van der Waals surface area contributed by atoms with E-state index in [0.29, 0.717) is 0 Å². The molecular formula is C9H17BrO. The zero-order valence-corrected chi connectivity index (χ0v) is 8.99. The molecule has 0 N–H and O–H groups in total. The van der Waals surface area contributed by atoms with Gasteiger partial charge in [-0.2, -0.15) is 0 Å². The third-order valence-electron chi connectivity index (χ3n) is 1.58. The molecule has 0 aliphatic rings. The number of alkyl halides is 1. The van der Waals surface area contributed by atoms with E-state index in [1.165, 1.54) is 0 Å². The van der Waals surface area contributed by atoms with Crippen molar-refractivity contribution in [3.8, 4) is 0 Å². The number of rotatable bonds is 6. The molecule has 0 heterocycles. The normalized spacial score (nSPS) is 15.9. The maximum atomic E-state index is 5.43. The molecule has 0 aromatic carbocycles. The minimum atomic E-state index is 0.0924. The Morgan fingerprint density at radius 2 is 2.27 bits per heavy atom. The molecule has 0 spiro atoms. The Kier molecular flexibility index (Phi) is 5.88. The van der Waals surface area contributed by atoms with Crippen molar-refractivity contribution in [3.63, 3.8) is 0 Å². The van der Waals surface area contributed by atoms with Gasteiger partial charge in [-0.3, -0.25) is 0 Å². The van der Waals surface area contributed by atoms with Gasteiger partial charge in [0.05, 0.1) is 6.61 Å². The molecule has 0 aromatic heterocycles. The molecule has 0 bridgehead atoms. The van der Waals surface area contributed by atoms with E-state index in [9.17, 15) is 0 Å². The summed E-state index contributed by atoms with van der Waals surface area (Å²) in [6, 6.07) is 0. The van der Waals surface area contributed by atoms with Gasteiger partial charge >= 0.3 is 0 Å². The van der Waals surface area contributed by atoms with Crippen LogP contribution in [-0.4, -0.2) is 18.5 Å². The van der Waals surface area contributed by atoms with Gasteiger partial charge in [0.2, 0.25) is 0 Å². The molecule has 0 radical (unpaired) electrons. The molecule has 66 valence electrons. The molecule has 0 fully saturated rings. The summed E-state index contributed by atoms with van der Waals surface area (Å²) in [6.45, 7) is 9.62. The van der Waals surface area contributed by atoms with Crippen LogP contribution in [0.2, 0.25) is 0 Å². The molecule has 1 atom stereocenters. The van der Waals surface area contributed by atoms with Gasteiger partial charge in [-0.1, -0.05) is 35.9 Å². The Labute approximate surface area is 78.0 Å². The third-order valence-corrected chi connectivity index (χ3v) is 2.86. The lowest BCUT2D eigenvalue weighted by molar-refractivity contribution is 0.0865. The highest BCUT2D eigenvalue weighted by Crippen LogP contribution is 2.20. The monoisotopic (exact) mass is 220 g/mol. The van der Waals surface area contributed by atoms with Crippen molar-refractivity contribution in [1.82, 2.24) is 0 Å². The molecule has 0 amide bonds. The minimum absolute atomic E-state index is 0.0924. The lowest BCUT2D eigenvalue weighted by atomic mass is 9.95. The van der Waals surface area contributed by atoms with Gasteiger partial charge in [-0.15, -0.1) is 6.58 Å². The van der Waals surface area contributed by atoms with Gasteiger partial charge in [0.1, 0.15) is 0 Å². The number of hydrogen-bond donors (Lipinski definition) is 0. The molecule has 1 unspecified atom stereocenters. The van der Waals surface area contributed by atoms with Gasteiger partial charge in [-0.05, 0) is 6.42 Å². The summed E-state index contributed by atoms with van der Waals surface area (Å²) in [4.78, 5) is 0. The van der Waals surface area contributed by atoms with E-state index < -0.39 is 0 Å². The Morgan fingerprint density at radius 1 is 1.64 bits per heavy atom. The van der Waals surface area contributed by atoms with E-state index in [-0.39, 0.29) is 5.41 Å². The Morgan fingerprint density at radius 3 is 2.64 bits per heavy atom. The van der Waals surface area contributed by atoms with Gasteiger partial charge in [-0.25, -0.2) is 0 Å². The number of hydrogen-bond acceptors (Lipinski definition) is 1. The first-order valence-corrected chi connectivity index (χ1v) is 5.08. The van der Waals surface area contributed by atoms with Crippen molar-refractivity contribution >= 4 is 15.9 Å². The summed E-state index contributed by atoms with van der Waals surface area (Å²) in [5.41, 5.74) is 0.0924. The fourth-order valence-corrected chi connectivity index (χ4v) is 0.993. The van der Waals surface area contributed by atoms with Gasteiger partial charge in [0.25, 0.3) is 0 Å². The Bertz CT molecular complexity index is 114. The summed E-state index contributed by atoms with van der Waals surface area (Å²) >= 11 is 3.43. The molecule has 2 heteroatoms. The third kappa shape index (κ3) is 4.59. The van der Waals surface area contributed by atoms with E-state index in [4.69, 9.17) is 4.74 Å². The van der Waals surface area contributed by atoms with Crippen molar-refractivity contribution < 1.29 is 4.74 Å². The molecule has 0 aliphatic carbocycles. The van der Waals surface area contributed by atoms with Crippen LogP contribution in [0, 0.1) is 5.41 Å². The zero-order chi connectivity index (χ0) is 8.74. The van der Waals surface area contributed by atoms with Crippen LogP contribution in [0.25, 0.3) is 0 Å². The highest BCUT2D eigenvalue weighted by molar-refractivity contribution is 9.09. The van der Waals surface area contributed by atoms with Crippen LogP contribution in [0.3, 0.4) is 0 Å². The maximum absolute atomic E-state index is 5.43. The molecule has 1 nitrogen and oxygen atoms in total. The molecule has 0 aliphatic heterocycles. The summed E-state index contributed by atoms with van der Waals surface area (Å²) in [7, 11) is 0. The van der Waals surface area contributed by atoms with Crippen LogP contribution < -0.4 is 0 Å². The second-order valence-electron chi connectivity index (χ2n) is 3.04. The first kappa shape index (κ1) is 11.2. The first-order valence-electron chi connectivity index (χ1n) is 3.96. The molecule has 0 rings (SSSR count). The Balaban J connectivity index is 3.60. The van der Waals surface area contributed by atoms with Crippen LogP contribution >= 0.6 is 15.9 Å². The topological polar surface area (TPSA) is 9.23 Å². The minimum Gasteiger partial charge on any atom is -0.381 e.